The van der Waals surface area contributed by atoms with Gasteiger partial charge in [-0.05, 0) is 12.1 Å². The van der Waals surface area contributed by atoms with Crippen LogP contribution < -0.4 is 4.90 Å². The Morgan fingerprint density at radius 2 is 2.00 bits per heavy atom. The summed E-state index contributed by atoms with van der Waals surface area (Å²) in [5.41, 5.74) is 0.741. The van der Waals surface area contributed by atoms with Gasteiger partial charge in [0, 0.05) is 59.6 Å². The molecule has 0 unspecified atom stereocenters. The van der Waals surface area contributed by atoms with Crippen molar-refractivity contribution in [1.29, 1.82) is 0 Å². The lowest BCUT2D eigenvalue weighted by atomic mass is 10.0. The molecule has 1 fully saturated rings. The van der Waals surface area contributed by atoms with Gasteiger partial charge in [0.15, 0.2) is 6.10 Å². The number of benzene rings is 1. The van der Waals surface area contributed by atoms with Gasteiger partial charge in [0.25, 0.3) is 0 Å². The lowest BCUT2D eigenvalue weighted by molar-refractivity contribution is 0.0693. The molecule has 2 aliphatic rings. The first kappa shape index (κ1) is 18.8. The number of rotatable bonds is 4. The quantitative estimate of drug-likeness (QED) is 0.766. The minimum Gasteiger partial charge on any atom is -0.390 e. The molecule has 150 valence electrons. The highest BCUT2D eigenvalue weighted by molar-refractivity contribution is 7.93. The molecule has 0 N–H and O–H groups in total. The van der Waals surface area contributed by atoms with Crippen LogP contribution in [0.15, 0.2) is 34.0 Å². The number of halogens is 2. The molecule has 2 aliphatic heterocycles. The molecular weight excluding hydrogens is 390 g/mol. The van der Waals surface area contributed by atoms with E-state index in [1.54, 1.807) is 22.0 Å². The molecule has 0 spiro atoms. The second-order valence-electron chi connectivity index (χ2n) is 6.73. The summed E-state index contributed by atoms with van der Waals surface area (Å²) in [5, 5.41) is 11.6. The van der Waals surface area contributed by atoms with Gasteiger partial charge >= 0.3 is 0 Å². The van der Waals surface area contributed by atoms with E-state index in [0.29, 0.717) is 48.8 Å². The van der Waals surface area contributed by atoms with Crippen LogP contribution in [0.1, 0.15) is 12.0 Å². The zero-order valence-corrected chi connectivity index (χ0v) is 16.1. The van der Waals surface area contributed by atoms with E-state index in [4.69, 9.17) is 4.84 Å². The smallest absolute Gasteiger partial charge is 0.152 e. The molecular formula is C17H20F2N6O2S. The van der Waals surface area contributed by atoms with E-state index in [2.05, 4.69) is 19.8 Å². The van der Waals surface area contributed by atoms with Crippen LogP contribution in [0.2, 0.25) is 0 Å². The van der Waals surface area contributed by atoms with E-state index in [9.17, 15) is 13.0 Å². The zero-order valence-electron chi connectivity index (χ0n) is 15.3. The summed E-state index contributed by atoms with van der Waals surface area (Å²) in [6.45, 7) is 1.05. The molecule has 0 amide bonds. The largest absolute Gasteiger partial charge is 0.390 e. The van der Waals surface area contributed by atoms with E-state index in [1.165, 1.54) is 19.2 Å². The van der Waals surface area contributed by atoms with Crippen molar-refractivity contribution in [1.82, 2.24) is 15.0 Å². The van der Waals surface area contributed by atoms with Gasteiger partial charge in [0.1, 0.15) is 17.3 Å². The summed E-state index contributed by atoms with van der Waals surface area (Å²) in [6, 6.07) is 2.54. The molecule has 2 aromatic rings. The van der Waals surface area contributed by atoms with E-state index < -0.39 is 21.4 Å². The Morgan fingerprint density at radius 3 is 2.61 bits per heavy atom. The summed E-state index contributed by atoms with van der Waals surface area (Å²) in [6.07, 6.45) is 3.42. The zero-order chi connectivity index (χ0) is 19.7. The van der Waals surface area contributed by atoms with Crippen LogP contribution >= 0.6 is 0 Å². The maximum Gasteiger partial charge on any atom is 0.152 e. The van der Waals surface area contributed by atoms with Crippen molar-refractivity contribution in [3.05, 3.63) is 41.7 Å². The summed E-state index contributed by atoms with van der Waals surface area (Å²) in [7, 11) is -0.730. The highest BCUT2D eigenvalue weighted by Gasteiger charge is 2.28. The van der Waals surface area contributed by atoms with Crippen LogP contribution in [0, 0.1) is 11.6 Å². The molecule has 1 saturated heterocycles. The first-order valence-corrected chi connectivity index (χ1v) is 10.7. The number of hydrogen-bond donors (Lipinski definition) is 0. The van der Waals surface area contributed by atoms with Crippen molar-refractivity contribution in [2.45, 2.75) is 19.1 Å². The lowest BCUT2D eigenvalue weighted by Gasteiger charge is -2.31. The molecule has 8 nitrogen and oxygen atoms in total. The van der Waals surface area contributed by atoms with Crippen molar-refractivity contribution in [2.75, 3.05) is 36.5 Å². The summed E-state index contributed by atoms with van der Waals surface area (Å²) in [5.74, 6) is -0.734. The van der Waals surface area contributed by atoms with E-state index in [1.807, 2.05) is 0 Å². The Balaban J connectivity index is 1.48. The topological polar surface area (TPSA) is 85.0 Å². The van der Waals surface area contributed by atoms with Gasteiger partial charge in [0.05, 0.1) is 18.5 Å². The molecule has 3 heterocycles. The van der Waals surface area contributed by atoms with Crippen molar-refractivity contribution in [3.63, 3.8) is 0 Å². The Morgan fingerprint density at radius 1 is 1.29 bits per heavy atom. The third kappa shape index (κ3) is 3.71. The average Bonchev–Trinajstić information content (AvgIpc) is 3.35. The molecule has 1 aromatic heterocycles. The van der Waals surface area contributed by atoms with Crippen molar-refractivity contribution >= 4 is 21.1 Å². The molecule has 0 radical (unpaired) electrons. The van der Waals surface area contributed by atoms with Gasteiger partial charge in [-0.15, -0.1) is 5.10 Å². The molecule has 4 rings (SSSR count). The van der Waals surface area contributed by atoms with Crippen molar-refractivity contribution in [3.8, 4) is 0 Å². The third-order valence-corrected chi connectivity index (χ3v) is 7.26. The van der Waals surface area contributed by atoms with Crippen LogP contribution in [-0.4, -0.2) is 62.7 Å². The minimum absolute atomic E-state index is 0.0972. The first-order valence-electron chi connectivity index (χ1n) is 8.89. The molecule has 28 heavy (non-hydrogen) atoms. The molecule has 1 aromatic carbocycles. The van der Waals surface area contributed by atoms with E-state index in [-0.39, 0.29) is 11.8 Å². The monoisotopic (exact) mass is 410 g/mol. The average molecular weight is 410 g/mol. The summed E-state index contributed by atoms with van der Waals surface area (Å²) < 4.78 is 47.3. The highest BCUT2D eigenvalue weighted by Crippen LogP contribution is 2.29. The van der Waals surface area contributed by atoms with Gasteiger partial charge in [-0.2, -0.15) is 0 Å². The molecule has 0 aliphatic carbocycles. The Hall–Kier alpha value is -2.56. The van der Waals surface area contributed by atoms with Gasteiger partial charge in [-0.1, -0.05) is 10.4 Å². The van der Waals surface area contributed by atoms with E-state index in [0.717, 1.165) is 0 Å². The minimum atomic E-state index is -2.25. The molecule has 0 bridgehead atoms. The maximum absolute atomic E-state index is 14.7. The SMILES string of the molecule is CN=S1(=O)CCN(c2c(F)cc(C3=NO[C@@H](Cn4ccnn4)C3)cc2F)CC1. The first-order chi connectivity index (χ1) is 13.5. The number of hydrogen-bond acceptors (Lipinski definition) is 7. The summed E-state index contributed by atoms with van der Waals surface area (Å²) >= 11 is 0. The van der Waals surface area contributed by atoms with Gasteiger partial charge < -0.3 is 9.74 Å². The Bertz CT molecular complexity index is 980. The Labute approximate surface area is 161 Å². The predicted octanol–water partition coefficient (Wildman–Crippen LogP) is 1.67. The summed E-state index contributed by atoms with van der Waals surface area (Å²) in [4.78, 5) is 6.94. The van der Waals surface area contributed by atoms with Crippen molar-refractivity contribution in [2.24, 2.45) is 9.52 Å². The molecule has 11 heteroatoms. The van der Waals surface area contributed by atoms with Crippen LogP contribution in [-0.2, 0) is 21.1 Å². The maximum atomic E-state index is 14.7. The number of anilines is 1. The fourth-order valence-corrected chi connectivity index (χ4v) is 4.98. The van der Waals surface area contributed by atoms with E-state index >= 15 is 0 Å². The van der Waals surface area contributed by atoms with Gasteiger partial charge in [-0.25, -0.2) is 22.0 Å². The third-order valence-electron chi connectivity index (χ3n) is 4.96. The number of aromatic nitrogens is 3. The Kier molecular flexibility index (Phi) is 5.00. The number of oxime groups is 1. The number of nitrogens with zero attached hydrogens (tertiary/aromatic N) is 6. The normalized spacial score (nSPS) is 21.3. The highest BCUT2D eigenvalue weighted by atomic mass is 32.2. The van der Waals surface area contributed by atoms with Crippen LogP contribution in [0.25, 0.3) is 0 Å². The van der Waals surface area contributed by atoms with Gasteiger partial charge in [0.2, 0.25) is 0 Å². The van der Waals surface area contributed by atoms with Gasteiger partial charge in [-0.3, -0.25) is 0 Å². The fraction of sp³-hybridized carbons (Fsp3) is 0.471. The lowest BCUT2D eigenvalue weighted by Crippen LogP contribution is -2.41. The second-order valence-corrected chi connectivity index (χ2v) is 9.46. The van der Waals surface area contributed by atoms with Crippen LogP contribution in [0.4, 0.5) is 14.5 Å². The fourth-order valence-electron chi connectivity index (χ4n) is 3.40. The van der Waals surface area contributed by atoms with Crippen molar-refractivity contribution < 1.29 is 17.8 Å². The standard InChI is InChI=1S/C17H20F2N6O2S/c1-20-28(26)6-4-24(5-7-28)17-14(18)8-12(9-15(17)19)16-10-13(27-22-16)11-25-3-2-21-23-25/h2-3,8-9,13H,4-7,10-11H2,1H3/t13-/m1/s1. The van der Waals surface area contributed by atoms with Crippen LogP contribution in [0.5, 0.6) is 0 Å². The molecule has 1 atom stereocenters. The predicted molar refractivity (Wildman–Crippen MR) is 101 cm³/mol. The molecule has 0 saturated carbocycles. The van der Waals surface area contributed by atoms with Crippen LogP contribution in [0.3, 0.4) is 0 Å². The second kappa shape index (κ2) is 7.46.